The summed E-state index contributed by atoms with van der Waals surface area (Å²) in [7, 11) is -1.11. The van der Waals surface area contributed by atoms with E-state index in [1.165, 1.54) is 10.4 Å². The number of anilines is 1. The van der Waals surface area contributed by atoms with Crippen LogP contribution in [0.25, 0.3) is 5.57 Å². The van der Waals surface area contributed by atoms with Gasteiger partial charge in [0.1, 0.15) is 0 Å². The van der Waals surface area contributed by atoms with Gasteiger partial charge in [-0.05, 0) is 47.9 Å². The number of amides is 1. The van der Waals surface area contributed by atoms with E-state index >= 15 is 0 Å². The Labute approximate surface area is 222 Å². The molecular weight excluding hydrogens is 512 g/mol. The zero-order valence-corrected chi connectivity index (χ0v) is 22.1. The Morgan fingerprint density at radius 1 is 1.03 bits per heavy atom. The van der Waals surface area contributed by atoms with Crippen LogP contribution in [-0.4, -0.2) is 41.6 Å². The van der Waals surface area contributed by atoms with Crippen molar-refractivity contribution in [3.63, 3.8) is 0 Å². The van der Waals surface area contributed by atoms with Crippen molar-refractivity contribution >= 4 is 38.8 Å². The highest BCUT2D eigenvalue weighted by atomic mass is 35.5. The molecule has 0 unspecified atom stereocenters. The van der Waals surface area contributed by atoms with E-state index in [4.69, 9.17) is 21.1 Å². The molecule has 0 bridgehead atoms. The molecule has 9 heteroatoms. The zero-order chi connectivity index (χ0) is 26.6. The third kappa shape index (κ3) is 5.21. The Kier molecular flexibility index (Phi) is 7.90. The molecule has 0 fully saturated rings. The number of nitrogens with zero attached hydrogens (tertiary/aromatic N) is 1. The average molecular weight is 539 g/mol. The van der Waals surface area contributed by atoms with Gasteiger partial charge < -0.3 is 14.8 Å². The fourth-order valence-corrected chi connectivity index (χ4v) is 6.19. The van der Waals surface area contributed by atoms with Gasteiger partial charge in [0.2, 0.25) is 0 Å². The van der Waals surface area contributed by atoms with Crippen LogP contribution in [0.5, 0.6) is 11.5 Å². The monoisotopic (exact) mass is 538 g/mol. The molecule has 1 N–H and O–H groups in total. The van der Waals surface area contributed by atoms with Crippen LogP contribution >= 0.6 is 11.6 Å². The van der Waals surface area contributed by atoms with Crippen molar-refractivity contribution in [2.75, 3.05) is 31.6 Å². The zero-order valence-electron chi connectivity index (χ0n) is 20.5. The highest BCUT2D eigenvalue weighted by Gasteiger charge is 2.40. The highest BCUT2D eigenvalue weighted by molar-refractivity contribution is 7.97. The Morgan fingerprint density at radius 3 is 2.43 bits per heavy atom. The first-order valence-electron chi connectivity index (χ1n) is 11.5. The van der Waals surface area contributed by atoms with E-state index < -0.39 is 15.9 Å². The third-order valence-corrected chi connectivity index (χ3v) is 8.05. The minimum absolute atomic E-state index is 0.00145. The maximum atomic E-state index is 13.9. The number of sulfonamides is 1. The van der Waals surface area contributed by atoms with E-state index in [0.29, 0.717) is 45.3 Å². The molecule has 3 aromatic carbocycles. The number of hydrogen-bond acceptors (Lipinski definition) is 5. The lowest BCUT2D eigenvalue weighted by Crippen LogP contribution is -2.42. The first kappa shape index (κ1) is 26.3. The van der Waals surface area contributed by atoms with Crippen LogP contribution in [0.2, 0.25) is 5.02 Å². The Bertz CT molecular complexity index is 1470. The van der Waals surface area contributed by atoms with Gasteiger partial charge in [-0.3, -0.25) is 9.10 Å². The van der Waals surface area contributed by atoms with E-state index in [2.05, 4.69) is 11.9 Å². The number of hydrogen-bond donors (Lipinski definition) is 1. The molecular formula is C28H27ClN2O5S. The van der Waals surface area contributed by atoms with Crippen LogP contribution in [0, 0.1) is 0 Å². The van der Waals surface area contributed by atoms with Gasteiger partial charge >= 0.3 is 0 Å². The van der Waals surface area contributed by atoms with E-state index in [-0.39, 0.29) is 18.0 Å². The molecule has 1 aliphatic heterocycles. The molecule has 37 heavy (non-hydrogen) atoms. The number of fused-ring (bicyclic) bond motifs is 1. The van der Waals surface area contributed by atoms with Gasteiger partial charge in [0.05, 0.1) is 26.5 Å². The summed E-state index contributed by atoms with van der Waals surface area (Å²) in [6.45, 7) is 3.91. The number of ether oxygens (including phenoxy) is 2. The van der Waals surface area contributed by atoms with Crippen molar-refractivity contribution in [1.29, 1.82) is 0 Å². The summed E-state index contributed by atoms with van der Waals surface area (Å²) >= 11 is 6.32. The second kappa shape index (κ2) is 11.1. The molecule has 7 nitrogen and oxygen atoms in total. The van der Waals surface area contributed by atoms with Crippen LogP contribution in [0.1, 0.15) is 16.7 Å². The summed E-state index contributed by atoms with van der Waals surface area (Å²) in [6, 6.07) is 19.4. The van der Waals surface area contributed by atoms with Gasteiger partial charge in [-0.15, -0.1) is 6.58 Å². The Balaban J connectivity index is 1.75. The van der Waals surface area contributed by atoms with Gasteiger partial charge in [0, 0.05) is 22.7 Å². The predicted octanol–water partition coefficient (Wildman–Crippen LogP) is 4.81. The van der Waals surface area contributed by atoms with Gasteiger partial charge in [0.25, 0.3) is 15.9 Å². The molecule has 0 spiro atoms. The number of halogens is 1. The molecule has 1 heterocycles. The quantitative estimate of drug-likeness (QED) is 0.395. The highest BCUT2D eigenvalue weighted by Crippen LogP contribution is 2.43. The third-order valence-electron chi connectivity index (χ3n) is 5.98. The summed E-state index contributed by atoms with van der Waals surface area (Å²) < 4.78 is 39.5. The van der Waals surface area contributed by atoms with Crippen molar-refractivity contribution in [3.8, 4) is 11.5 Å². The van der Waals surface area contributed by atoms with Crippen LogP contribution < -0.4 is 19.1 Å². The summed E-state index contributed by atoms with van der Waals surface area (Å²) in [5.74, 6) is 0.476. The van der Waals surface area contributed by atoms with E-state index in [1.807, 2.05) is 18.2 Å². The van der Waals surface area contributed by atoms with E-state index in [1.54, 1.807) is 62.8 Å². The van der Waals surface area contributed by atoms with Gasteiger partial charge in [-0.1, -0.05) is 54.1 Å². The number of benzene rings is 3. The molecule has 1 aliphatic rings. The number of carbonyl (C=O) groups excluding carboxylic acids is 1. The summed E-state index contributed by atoms with van der Waals surface area (Å²) in [5, 5.41) is 3.23. The maximum Gasteiger partial charge on any atom is 0.270 e. The summed E-state index contributed by atoms with van der Waals surface area (Å²) in [5.41, 5.74) is 2.79. The standard InChI is InChI=1S/C28H27ClN2O5S/c1-4-16-31-23-12-11-21(29)18-22(23)26(20-8-6-5-7-9-20)27(37(31,33)34)28(32)30-15-14-19-10-13-24(35-2)25(17-19)36-3/h4-13,17-18H,1,14-16H2,2-3H3,(H,30,32). The lowest BCUT2D eigenvalue weighted by atomic mass is 9.95. The average Bonchev–Trinajstić information content (AvgIpc) is 2.90. The first-order chi connectivity index (χ1) is 17.8. The molecule has 0 radical (unpaired) electrons. The Morgan fingerprint density at radius 2 is 1.76 bits per heavy atom. The molecule has 3 aromatic rings. The minimum atomic E-state index is -4.21. The fraction of sp³-hybridized carbons (Fsp3) is 0.179. The summed E-state index contributed by atoms with van der Waals surface area (Å²) in [6.07, 6.45) is 1.94. The van der Waals surface area contributed by atoms with E-state index in [9.17, 15) is 13.2 Å². The second-order valence-corrected chi connectivity index (χ2v) is 10.5. The predicted molar refractivity (Wildman–Crippen MR) is 147 cm³/mol. The smallest absolute Gasteiger partial charge is 0.270 e. The molecule has 0 aliphatic carbocycles. The van der Waals surface area contributed by atoms with Crippen LogP contribution in [0.15, 0.2) is 84.3 Å². The number of carbonyl (C=O) groups is 1. The molecule has 0 aromatic heterocycles. The van der Waals surface area contributed by atoms with Gasteiger partial charge in [-0.2, -0.15) is 0 Å². The summed E-state index contributed by atoms with van der Waals surface area (Å²) in [4.78, 5) is 13.2. The fourth-order valence-electron chi connectivity index (χ4n) is 4.29. The van der Waals surface area contributed by atoms with Crippen LogP contribution in [0.4, 0.5) is 5.69 Å². The largest absolute Gasteiger partial charge is 0.493 e. The van der Waals surface area contributed by atoms with Crippen molar-refractivity contribution < 1.29 is 22.7 Å². The van der Waals surface area contributed by atoms with Crippen LogP contribution in [-0.2, 0) is 21.2 Å². The lowest BCUT2D eigenvalue weighted by Gasteiger charge is -2.33. The van der Waals surface area contributed by atoms with Gasteiger partial charge in [0.15, 0.2) is 16.4 Å². The van der Waals surface area contributed by atoms with Crippen molar-refractivity contribution in [2.45, 2.75) is 6.42 Å². The SMILES string of the molecule is C=CCN1c2ccc(Cl)cc2C(c2ccccc2)=C(C(=O)NCCc2ccc(OC)c(OC)c2)S1(=O)=O. The van der Waals surface area contributed by atoms with Crippen LogP contribution in [0.3, 0.4) is 0 Å². The molecule has 0 atom stereocenters. The van der Waals surface area contributed by atoms with Crippen molar-refractivity contribution in [2.24, 2.45) is 0 Å². The van der Waals surface area contributed by atoms with Crippen molar-refractivity contribution in [1.82, 2.24) is 5.32 Å². The molecule has 192 valence electrons. The number of rotatable bonds is 9. The normalized spacial score (nSPS) is 14.1. The molecule has 1 amide bonds. The van der Waals surface area contributed by atoms with Crippen molar-refractivity contribution in [3.05, 3.63) is 106 Å². The molecule has 0 saturated carbocycles. The Hall–Kier alpha value is -3.75. The number of nitrogens with one attached hydrogen (secondary N) is 1. The lowest BCUT2D eigenvalue weighted by molar-refractivity contribution is -0.116. The maximum absolute atomic E-state index is 13.9. The van der Waals surface area contributed by atoms with Gasteiger partial charge in [-0.25, -0.2) is 8.42 Å². The van der Waals surface area contributed by atoms with E-state index in [0.717, 1.165) is 5.56 Å². The molecule has 0 saturated heterocycles. The first-order valence-corrected chi connectivity index (χ1v) is 13.4. The topological polar surface area (TPSA) is 84.9 Å². The second-order valence-electron chi connectivity index (χ2n) is 8.25. The number of methoxy groups -OCH3 is 2. The molecule has 4 rings (SSSR count). The minimum Gasteiger partial charge on any atom is -0.493 e.